The van der Waals surface area contributed by atoms with Crippen molar-refractivity contribution in [2.24, 2.45) is 0 Å². The molecular formula is C23H24F3N5O. The number of nitrogens with one attached hydrogen (secondary N) is 1. The van der Waals surface area contributed by atoms with E-state index in [0.29, 0.717) is 31.9 Å². The molecule has 0 atom stereocenters. The monoisotopic (exact) mass is 443 g/mol. The van der Waals surface area contributed by atoms with Crippen LogP contribution in [0, 0.1) is 0 Å². The fourth-order valence-electron chi connectivity index (χ4n) is 3.61. The Morgan fingerprint density at radius 2 is 1.75 bits per heavy atom. The van der Waals surface area contributed by atoms with Gasteiger partial charge in [0.25, 0.3) is 0 Å². The summed E-state index contributed by atoms with van der Waals surface area (Å²) in [7, 11) is 0. The highest BCUT2D eigenvalue weighted by atomic mass is 19.4. The zero-order valence-corrected chi connectivity index (χ0v) is 17.4. The topological polar surface area (TPSA) is 63.2 Å². The number of pyridine rings is 1. The zero-order valence-electron chi connectivity index (χ0n) is 17.4. The van der Waals surface area contributed by atoms with Gasteiger partial charge in [0.15, 0.2) is 11.5 Å². The molecule has 0 spiro atoms. The van der Waals surface area contributed by atoms with Crippen molar-refractivity contribution < 1.29 is 17.9 Å². The fourth-order valence-corrected chi connectivity index (χ4v) is 3.61. The van der Waals surface area contributed by atoms with Crippen LogP contribution >= 0.6 is 0 Å². The highest BCUT2D eigenvalue weighted by molar-refractivity contribution is 5.54. The molecule has 1 aliphatic rings. The number of piperidine rings is 1. The van der Waals surface area contributed by atoms with Gasteiger partial charge in [0.05, 0.1) is 0 Å². The number of hydrogen-bond donors (Lipinski definition) is 1. The molecule has 6 nitrogen and oxygen atoms in total. The number of alkyl halides is 3. The van der Waals surface area contributed by atoms with Gasteiger partial charge in [0.1, 0.15) is 23.9 Å². The predicted molar refractivity (Wildman–Crippen MR) is 115 cm³/mol. The third-order valence-electron chi connectivity index (χ3n) is 5.26. The van der Waals surface area contributed by atoms with Crippen LogP contribution in [0.2, 0.25) is 0 Å². The van der Waals surface area contributed by atoms with E-state index in [1.807, 2.05) is 35.2 Å². The molecule has 0 unspecified atom stereocenters. The molecule has 1 aromatic carbocycles. The van der Waals surface area contributed by atoms with E-state index < -0.39 is 11.9 Å². The van der Waals surface area contributed by atoms with Crippen LogP contribution in [0.25, 0.3) is 11.5 Å². The minimum atomic E-state index is -4.56. The van der Waals surface area contributed by atoms with Crippen LogP contribution in [0.15, 0.2) is 60.8 Å². The van der Waals surface area contributed by atoms with E-state index in [1.165, 1.54) is 6.20 Å². The second-order valence-electron chi connectivity index (χ2n) is 7.52. The van der Waals surface area contributed by atoms with E-state index >= 15 is 0 Å². The molecule has 0 bridgehead atoms. The van der Waals surface area contributed by atoms with Gasteiger partial charge in [-0.15, -0.1) is 0 Å². The third-order valence-corrected chi connectivity index (χ3v) is 5.26. The molecule has 3 aromatic rings. The van der Waals surface area contributed by atoms with Crippen molar-refractivity contribution in [1.29, 1.82) is 0 Å². The first kappa shape index (κ1) is 22.0. The van der Waals surface area contributed by atoms with Crippen molar-refractivity contribution in [3.63, 3.8) is 0 Å². The van der Waals surface area contributed by atoms with Gasteiger partial charge in [0, 0.05) is 37.9 Å². The molecule has 0 saturated carbocycles. The van der Waals surface area contributed by atoms with Crippen molar-refractivity contribution in [3.8, 4) is 17.3 Å². The summed E-state index contributed by atoms with van der Waals surface area (Å²) in [6.45, 7) is 2.47. The number of rotatable bonds is 7. The maximum atomic E-state index is 13.4. The van der Waals surface area contributed by atoms with E-state index in [2.05, 4.69) is 20.3 Å². The molecule has 32 heavy (non-hydrogen) atoms. The molecule has 1 saturated heterocycles. The maximum Gasteiger partial charge on any atom is 0.433 e. The predicted octanol–water partition coefficient (Wildman–Crippen LogP) is 4.19. The normalized spacial score (nSPS) is 15.0. The zero-order chi connectivity index (χ0) is 22.4. The van der Waals surface area contributed by atoms with E-state index in [-0.39, 0.29) is 17.7 Å². The molecule has 0 radical (unpaired) electrons. The lowest BCUT2D eigenvalue weighted by molar-refractivity contribution is -0.141. The minimum Gasteiger partial charge on any atom is -0.492 e. The van der Waals surface area contributed by atoms with Crippen molar-refractivity contribution in [2.75, 3.05) is 31.1 Å². The second-order valence-corrected chi connectivity index (χ2v) is 7.52. The summed E-state index contributed by atoms with van der Waals surface area (Å²) in [5, 5.41) is 3.46. The lowest BCUT2D eigenvalue weighted by atomic mass is 10.1. The summed E-state index contributed by atoms with van der Waals surface area (Å²) >= 11 is 0. The number of ether oxygens (including phenoxy) is 1. The average molecular weight is 443 g/mol. The van der Waals surface area contributed by atoms with Gasteiger partial charge >= 0.3 is 6.18 Å². The van der Waals surface area contributed by atoms with Crippen LogP contribution in [0.3, 0.4) is 0 Å². The SMILES string of the molecule is FC(F)(F)c1cc(N2CCC(NCCOc3ccccc3)CC2)nc(-c2ccccn2)n1. The number of halogens is 3. The molecule has 4 rings (SSSR count). The van der Waals surface area contributed by atoms with Crippen LogP contribution < -0.4 is 15.0 Å². The Hall–Kier alpha value is -3.20. The van der Waals surface area contributed by atoms with Gasteiger partial charge in [-0.2, -0.15) is 13.2 Å². The molecule has 168 valence electrons. The van der Waals surface area contributed by atoms with Gasteiger partial charge in [-0.1, -0.05) is 24.3 Å². The molecule has 1 fully saturated rings. The number of aromatic nitrogens is 3. The first-order chi connectivity index (χ1) is 15.5. The first-order valence-electron chi connectivity index (χ1n) is 10.5. The molecule has 1 aliphatic heterocycles. The second kappa shape index (κ2) is 9.95. The molecule has 2 aromatic heterocycles. The minimum absolute atomic E-state index is 0.0197. The van der Waals surface area contributed by atoms with Crippen LogP contribution in [0.4, 0.5) is 19.0 Å². The van der Waals surface area contributed by atoms with Crippen molar-refractivity contribution >= 4 is 5.82 Å². The number of para-hydroxylation sites is 1. The number of anilines is 1. The Kier molecular flexibility index (Phi) is 6.84. The smallest absolute Gasteiger partial charge is 0.433 e. The average Bonchev–Trinajstić information content (AvgIpc) is 2.83. The first-order valence-corrected chi connectivity index (χ1v) is 10.5. The van der Waals surface area contributed by atoms with Crippen LogP contribution in [-0.4, -0.2) is 47.2 Å². The highest BCUT2D eigenvalue weighted by Crippen LogP contribution is 2.32. The number of hydrogen-bond acceptors (Lipinski definition) is 6. The number of benzene rings is 1. The van der Waals surface area contributed by atoms with Crippen molar-refractivity contribution in [2.45, 2.75) is 25.1 Å². The lowest BCUT2D eigenvalue weighted by Gasteiger charge is -2.33. The highest BCUT2D eigenvalue weighted by Gasteiger charge is 2.35. The summed E-state index contributed by atoms with van der Waals surface area (Å²) in [6.07, 6.45) is -1.44. The quantitative estimate of drug-likeness (QED) is 0.553. The maximum absolute atomic E-state index is 13.4. The van der Waals surface area contributed by atoms with Crippen LogP contribution in [0.1, 0.15) is 18.5 Å². The Labute approximate surface area is 184 Å². The third kappa shape index (κ3) is 5.73. The molecule has 0 amide bonds. The Balaban J connectivity index is 1.36. The van der Waals surface area contributed by atoms with Gasteiger partial charge < -0.3 is 15.0 Å². The van der Waals surface area contributed by atoms with E-state index in [9.17, 15) is 13.2 Å². The van der Waals surface area contributed by atoms with E-state index in [1.54, 1.807) is 18.2 Å². The molecule has 0 aliphatic carbocycles. The fraction of sp³-hybridized carbons (Fsp3) is 0.348. The van der Waals surface area contributed by atoms with Gasteiger partial charge in [-0.25, -0.2) is 9.97 Å². The Morgan fingerprint density at radius 1 is 1.00 bits per heavy atom. The summed E-state index contributed by atoms with van der Waals surface area (Å²) in [5.41, 5.74) is -0.642. The standard InChI is InChI=1S/C23H24F3N5O/c24-23(25,26)20-16-21(30-22(29-20)19-8-4-5-11-28-19)31-13-9-17(10-14-31)27-12-15-32-18-6-2-1-3-7-18/h1-8,11,16-17,27H,9-10,12-15H2. The van der Waals surface area contributed by atoms with E-state index in [0.717, 1.165) is 24.7 Å². The van der Waals surface area contributed by atoms with E-state index in [4.69, 9.17) is 4.74 Å². The molecular weight excluding hydrogens is 419 g/mol. The molecule has 1 N–H and O–H groups in total. The molecule has 3 heterocycles. The van der Waals surface area contributed by atoms with Gasteiger partial charge in [0.2, 0.25) is 0 Å². The van der Waals surface area contributed by atoms with Gasteiger partial charge in [-0.05, 0) is 37.1 Å². The summed E-state index contributed by atoms with van der Waals surface area (Å²) < 4.78 is 46.0. The van der Waals surface area contributed by atoms with Crippen LogP contribution in [-0.2, 0) is 6.18 Å². The summed E-state index contributed by atoms with van der Waals surface area (Å²) in [4.78, 5) is 14.1. The Bertz CT molecular complexity index is 994. The van der Waals surface area contributed by atoms with Crippen molar-refractivity contribution in [1.82, 2.24) is 20.3 Å². The summed E-state index contributed by atoms with van der Waals surface area (Å²) in [6, 6.07) is 15.9. The summed E-state index contributed by atoms with van der Waals surface area (Å²) in [5.74, 6) is 1.09. The van der Waals surface area contributed by atoms with Crippen molar-refractivity contribution in [3.05, 3.63) is 66.5 Å². The number of nitrogens with zero attached hydrogens (tertiary/aromatic N) is 4. The van der Waals surface area contributed by atoms with Crippen LogP contribution in [0.5, 0.6) is 5.75 Å². The Morgan fingerprint density at radius 3 is 2.44 bits per heavy atom. The lowest BCUT2D eigenvalue weighted by Crippen LogP contribution is -2.44. The largest absolute Gasteiger partial charge is 0.492 e. The molecule has 9 heteroatoms. The van der Waals surface area contributed by atoms with Gasteiger partial charge in [-0.3, -0.25) is 4.98 Å².